The van der Waals surface area contributed by atoms with Gasteiger partial charge in [0.1, 0.15) is 70.1 Å². The number of nitriles is 1. The maximum atomic E-state index is 13.4. The van der Waals surface area contributed by atoms with Gasteiger partial charge in [0.05, 0.1) is 22.3 Å². The molecule has 5 aliphatic carbocycles. The molecule has 0 aromatic heterocycles. The van der Waals surface area contributed by atoms with Gasteiger partial charge < -0.3 is 0 Å². The number of Topliss-reactive ketones (excluding diaryl/α,β-unsaturated/α-hetero) is 10. The summed E-state index contributed by atoms with van der Waals surface area (Å²) in [5, 5.41) is 8.87. The summed E-state index contributed by atoms with van der Waals surface area (Å²) >= 11 is 0. The predicted octanol–water partition coefficient (Wildman–Crippen LogP) is 22.5. The molecule has 11 aromatic carbocycles. The second-order valence-electron chi connectivity index (χ2n) is 38.1. The molecule has 16 heteroatoms. The molecular weight excluding hydrogens is 1670 g/mol. The lowest BCUT2D eigenvalue weighted by Crippen LogP contribution is -2.19. The molecule has 16 rings (SSSR count). The van der Waals surface area contributed by atoms with Crippen molar-refractivity contribution in [2.75, 3.05) is 0 Å². The highest BCUT2D eigenvalue weighted by Gasteiger charge is 2.48. The molecular formula is C116H119F2NO12S. The van der Waals surface area contributed by atoms with Crippen molar-refractivity contribution in [3.8, 4) is 6.07 Å². The van der Waals surface area contributed by atoms with Crippen LogP contribution in [0.4, 0.5) is 8.78 Å². The van der Waals surface area contributed by atoms with Gasteiger partial charge in [0, 0.05) is 67.8 Å². The van der Waals surface area contributed by atoms with Crippen LogP contribution in [-0.2, 0) is 95.6 Å². The van der Waals surface area contributed by atoms with Crippen molar-refractivity contribution in [3.63, 3.8) is 0 Å². The van der Waals surface area contributed by atoms with Gasteiger partial charge in [0.2, 0.25) is 0 Å². The highest BCUT2D eigenvalue weighted by molar-refractivity contribution is 7.90. The SMILES string of the molecule is Cc1cc(C)c(C2C(=O)CC(Cc3cc(F)cc(F)c3)C2=O)c(C)c1.Cc1cc(C)c(C2C(=O)CC(Cc3ccc(C#N)cc3)C2=O)c(C)c1.Cc1cc(C)c(C2C(=O)CC(Cc3ccc(CS(=O)(=O)c4ccccc4)cc3)C2=O)c(C)c1.Cc1cc(C)cc(CC2CC(=O)C(c3c(C)cc(C)cc3C)C2=O)c1.Cc1cccc(CC2CC(=O)C(c3c(C)cc(C)cc3C)C2=O)c1. The van der Waals surface area contributed by atoms with E-state index in [0.717, 1.165) is 128 Å². The number of rotatable bonds is 18. The lowest BCUT2D eigenvalue weighted by Gasteiger charge is -2.16. The Morgan fingerprint density at radius 3 is 0.803 bits per heavy atom. The van der Waals surface area contributed by atoms with Crippen LogP contribution in [0.15, 0.2) is 205 Å². The molecule has 5 aliphatic rings. The van der Waals surface area contributed by atoms with Gasteiger partial charge in [0.15, 0.2) is 38.8 Å². The van der Waals surface area contributed by atoms with E-state index >= 15 is 0 Å². The molecule has 11 aromatic rings. The van der Waals surface area contributed by atoms with Crippen molar-refractivity contribution in [2.24, 2.45) is 29.6 Å². The minimum atomic E-state index is -3.41. The first-order chi connectivity index (χ1) is 62.4. The van der Waals surface area contributed by atoms with Crippen molar-refractivity contribution in [1.29, 1.82) is 5.26 Å². The number of benzene rings is 11. The highest BCUT2D eigenvalue weighted by atomic mass is 32.2. The number of ketones is 10. The Labute approximate surface area is 776 Å². The molecule has 10 atom stereocenters. The van der Waals surface area contributed by atoms with Gasteiger partial charge in [-0.25, -0.2) is 17.2 Å². The second-order valence-corrected chi connectivity index (χ2v) is 40.0. The molecule has 0 bridgehead atoms. The Balaban J connectivity index is 0.000000150. The fourth-order valence-corrected chi connectivity index (χ4v) is 22.9. The average Bonchev–Trinajstić information content (AvgIpc) is 1.64. The van der Waals surface area contributed by atoms with Crippen LogP contribution in [-0.4, -0.2) is 66.3 Å². The summed E-state index contributed by atoms with van der Waals surface area (Å²) in [6, 6.07) is 63.2. The Hall–Kier alpha value is -12.6. The number of hydrogen-bond donors (Lipinski definition) is 0. The van der Waals surface area contributed by atoms with E-state index in [1.807, 2.05) is 190 Å². The summed E-state index contributed by atoms with van der Waals surface area (Å²) in [5.74, 6) is -6.03. The minimum Gasteiger partial charge on any atom is -0.298 e. The minimum absolute atomic E-state index is 0.00853. The second kappa shape index (κ2) is 41.9. The average molecular weight is 1790 g/mol. The predicted molar refractivity (Wildman–Crippen MR) is 514 cm³/mol. The fraction of sp³-hybridized carbons (Fsp3) is 0.336. The van der Waals surface area contributed by atoms with E-state index in [2.05, 4.69) is 68.4 Å². The van der Waals surface area contributed by atoms with E-state index in [4.69, 9.17) is 5.26 Å². The highest BCUT2D eigenvalue weighted by Crippen LogP contribution is 2.44. The van der Waals surface area contributed by atoms with E-state index < -0.39 is 57.0 Å². The first-order valence-electron chi connectivity index (χ1n) is 45.6. The summed E-state index contributed by atoms with van der Waals surface area (Å²) in [4.78, 5) is 129. The van der Waals surface area contributed by atoms with Crippen LogP contribution in [0.25, 0.3) is 0 Å². The maximum absolute atomic E-state index is 13.4. The fourth-order valence-electron chi connectivity index (χ4n) is 21.5. The van der Waals surface area contributed by atoms with Crippen LogP contribution < -0.4 is 0 Å². The Morgan fingerprint density at radius 1 is 0.265 bits per heavy atom. The molecule has 5 fully saturated rings. The number of nitrogens with zero attached hydrogens (tertiary/aromatic N) is 1. The van der Waals surface area contributed by atoms with Crippen LogP contribution in [0.1, 0.15) is 229 Å². The number of carbonyl (C=O) groups is 10. The standard InChI is InChI=1S/C28H28O4S.C23H26O2.C22H21NO2.C22H24O2.C21H20F2O2/c1-18-13-19(2)26(20(3)14-18)27-25(29)16-23(28(27)30)15-21-9-11-22(12-10-21)17-33(31,32)24-7-5-4-6-8-24;1-13-6-14(2)10-18(9-13)11-19-12-20(24)22(23(19)25)21-16(4)7-15(3)8-17(21)5;1-13-8-14(2)20(15(3)9-13)21-19(24)11-18(22(21)25)10-16-4-6-17(12-23)7-5-16;1-13-6-5-7-17(10-13)11-18-12-19(23)21(22(18)24)20-15(3)8-14(2)9-16(20)4;1-11-4-12(2)19(13(3)5-11)20-18(24)9-15(21(20)25)6-14-7-16(22)10-17(23)8-14/h4-14,23,27H,15-17H2,1-3H3;6-10,19,22H,11-12H2,1-5H3;4-9,18,21H,10-11H2,1-3H3;5-10,18,21H,11-12H2,1-4H3;4-5,7-8,10,15,20H,6,9H2,1-3H3. The number of aryl methyl sites for hydroxylation is 18. The smallest absolute Gasteiger partial charge is 0.182 e. The van der Waals surface area contributed by atoms with E-state index in [-0.39, 0.29) is 107 Å². The van der Waals surface area contributed by atoms with Gasteiger partial charge in [-0.2, -0.15) is 5.26 Å². The lowest BCUT2D eigenvalue weighted by molar-refractivity contribution is -0.126. The van der Waals surface area contributed by atoms with Gasteiger partial charge in [0.25, 0.3) is 0 Å². The third-order valence-corrected chi connectivity index (χ3v) is 28.4. The molecule has 680 valence electrons. The zero-order valence-electron chi connectivity index (χ0n) is 79.1. The first kappa shape index (κ1) is 98.5. The molecule has 0 heterocycles. The van der Waals surface area contributed by atoms with Gasteiger partial charge in [-0.3, -0.25) is 47.9 Å². The van der Waals surface area contributed by atoms with Crippen molar-refractivity contribution >= 4 is 67.7 Å². The largest absolute Gasteiger partial charge is 0.298 e. The van der Waals surface area contributed by atoms with Crippen LogP contribution >= 0.6 is 0 Å². The lowest BCUT2D eigenvalue weighted by atomic mass is 9.85. The van der Waals surface area contributed by atoms with Gasteiger partial charge >= 0.3 is 0 Å². The zero-order valence-corrected chi connectivity index (χ0v) is 79.9. The molecule has 5 saturated carbocycles. The molecule has 0 aliphatic heterocycles. The first-order valence-corrected chi connectivity index (χ1v) is 47.2. The van der Waals surface area contributed by atoms with E-state index in [0.29, 0.717) is 66.5 Å². The molecule has 0 radical (unpaired) electrons. The summed E-state index contributed by atoms with van der Waals surface area (Å²) in [5.41, 5.74) is 29.7. The third kappa shape index (κ3) is 23.1. The quantitative estimate of drug-likeness (QED) is 0.0729. The van der Waals surface area contributed by atoms with Gasteiger partial charge in [-0.05, 0) is 310 Å². The van der Waals surface area contributed by atoms with Gasteiger partial charge in [-0.15, -0.1) is 0 Å². The molecule has 0 amide bonds. The van der Waals surface area contributed by atoms with Crippen molar-refractivity contribution in [3.05, 3.63) is 379 Å². The Morgan fingerprint density at radius 2 is 0.515 bits per heavy atom. The number of sulfone groups is 1. The normalized spacial score (nSPS) is 19.9. The third-order valence-electron chi connectivity index (χ3n) is 26.7. The van der Waals surface area contributed by atoms with E-state index in [9.17, 15) is 65.1 Å². The monoisotopic (exact) mass is 1790 g/mol. The molecule has 10 unspecified atom stereocenters. The van der Waals surface area contributed by atoms with Crippen LogP contribution in [0.2, 0.25) is 0 Å². The van der Waals surface area contributed by atoms with Crippen molar-refractivity contribution in [2.45, 2.75) is 229 Å². The Bertz CT molecular complexity index is 6270. The van der Waals surface area contributed by atoms with Crippen LogP contribution in [0.3, 0.4) is 0 Å². The number of halogens is 2. The van der Waals surface area contributed by atoms with Crippen molar-refractivity contribution < 1.29 is 65.1 Å². The molecule has 132 heavy (non-hydrogen) atoms. The summed E-state index contributed by atoms with van der Waals surface area (Å²) in [6.07, 6.45) is 3.94. The van der Waals surface area contributed by atoms with Crippen molar-refractivity contribution in [1.82, 2.24) is 0 Å². The molecule has 13 nitrogen and oxygen atoms in total. The summed E-state index contributed by atoms with van der Waals surface area (Å²) in [7, 11) is -3.41. The summed E-state index contributed by atoms with van der Waals surface area (Å²) in [6.45, 7) is 36.0. The number of carbonyl (C=O) groups excluding carboxylic acids is 10. The topological polar surface area (TPSA) is 229 Å². The Kier molecular flexibility index (Phi) is 31.2. The van der Waals surface area contributed by atoms with E-state index in [1.54, 1.807) is 54.6 Å². The molecule has 0 N–H and O–H groups in total. The summed E-state index contributed by atoms with van der Waals surface area (Å²) < 4.78 is 52.0. The maximum Gasteiger partial charge on any atom is 0.182 e. The van der Waals surface area contributed by atoms with Crippen LogP contribution in [0.5, 0.6) is 0 Å². The zero-order chi connectivity index (χ0) is 95.9. The van der Waals surface area contributed by atoms with E-state index in [1.165, 1.54) is 39.9 Å². The molecule has 0 saturated heterocycles. The molecule has 0 spiro atoms. The number of hydrogen-bond acceptors (Lipinski definition) is 13. The van der Waals surface area contributed by atoms with Gasteiger partial charge in [-0.1, -0.05) is 202 Å². The van der Waals surface area contributed by atoms with Crippen LogP contribution in [0, 0.1) is 177 Å².